The van der Waals surface area contributed by atoms with Crippen molar-refractivity contribution >= 4 is 17.7 Å². The predicted octanol–water partition coefficient (Wildman–Crippen LogP) is 9.93. The van der Waals surface area contributed by atoms with Gasteiger partial charge in [-0.3, -0.25) is 14.4 Å². The monoisotopic (exact) mass is 689 g/mol. The third-order valence-electron chi connectivity index (χ3n) is 9.36. The van der Waals surface area contributed by atoms with Crippen molar-refractivity contribution in [1.82, 2.24) is 0 Å². The molecular weight excluding hydrogens is 616 g/mol. The van der Waals surface area contributed by atoms with E-state index < -0.39 is 24.8 Å². The number of ether oxygens (including phenoxy) is 2. The van der Waals surface area contributed by atoms with E-state index in [2.05, 4.69) is 20.8 Å². The summed E-state index contributed by atoms with van der Waals surface area (Å²) < 4.78 is 10.6. The number of aliphatic hydroxyl groups excluding tert-OH is 2. The Bertz CT molecular complexity index is 937. The molecule has 7 heteroatoms. The zero-order valence-corrected chi connectivity index (χ0v) is 31.5. The molecule has 1 aliphatic carbocycles. The number of rotatable bonds is 32. The summed E-state index contributed by atoms with van der Waals surface area (Å²) in [6.07, 6.45) is 34.0. The second kappa shape index (κ2) is 30.6. The summed E-state index contributed by atoms with van der Waals surface area (Å²) in [5.41, 5.74) is 0. The number of allylic oxidation sites excluding steroid dienone is 5. The normalized spacial score (nSPS) is 17.5. The SMILES string of the molecule is CCCCC[C@H](O)/C=C/[C@H]1C(=O)C=C[C@@H]1C/C=C\CCCC(=O)O[C@@H](CO)COC(=O)CCCCCCCCCCCCCCCC(C)C. The van der Waals surface area contributed by atoms with Crippen molar-refractivity contribution in [3.63, 3.8) is 0 Å². The highest BCUT2D eigenvalue weighted by Crippen LogP contribution is 2.27. The van der Waals surface area contributed by atoms with Gasteiger partial charge in [0, 0.05) is 18.8 Å². The second-order valence-corrected chi connectivity index (χ2v) is 14.5. The van der Waals surface area contributed by atoms with Crippen LogP contribution in [0.5, 0.6) is 0 Å². The molecule has 0 spiro atoms. The number of hydrogen-bond acceptors (Lipinski definition) is 7. The number of ketones is 1. The van der Waals surface area contributed by atoms with E-state index in [1.54, 1.807) is 12.2 Å². The van der Waals surface area contributed by atoms with Gasteiger partial charge >= 0.3 is 11.9 Å². The average molecular weight is 689 g/mol. The highest BCUT2D eigenvalue weighted by Gasteiger charge is 2.27. The Balaban J connectivity index is 2.06. The molecular formula is C42H72O7. The molecule has 1 rings (SSSR count). The van der Waals surface area contributed by atoms with Gasteiger partial charge in [0.25, 0.3) is 0 Å². The molecule has 4 atom stereocenters. The van der Waals surface area contributed by atoms with Crippen LogP contribution in [-0.4, -0.2) is 53.4 Å². The van der Waals surface area contributed by atoms with Crippen LogP contribution in [0.4, 0.5) is 0 Å². The van der Waals surface area contributed by atoms with Gasteiger partial charge in [-0.2, -0.15) is 0 Å². The van der Waals surface area contributed by atoms with Crippen molar-refractivity contribution in [1.29, 1.82) is 0 Å². The van der Waals surface area contributed by atoms with E-state index in [0.29, 0.717) is 25.7 Å². The molecule has 0 aromatic rings. The summed E-state index contributed by atoms with van der Waals surface area (Å²) in [4.78, 5) is 36.7. The number of esters is 2. The topological polar surface area (TPSA) is 110 Å². The maximum Gasteiger partial charge on any atom is 0.306 e. The van der Waals surface area contributed by atoms with E-state index in [1.165, 1.54) is 70.6 Å². The number of carbonyl (C=O) groups excluding carboxylic acids is 3. The van der Waals surface area contributed by atoms with Crippen LogP contribution in [0.3, 0.4) is 0 Å². The molecule has 0 bridgehead atoms. The minimum Gasteiger partial charge on any atom is -0.462 e. The highest BCUT2D eigenvalue weighted by molar-refractivity contribution is 5.95. The number of unbranched alkanes of at least 4 members (excludes halogenated alkanes) is 15. The van der Waals surface area contributed by atoms with Crippen molar-refractivity contribution < 1.29 is 34.1 Å². The van der Waals surface area contributed by atoms with Crippen LogP contribution in [0.1, 0.15) is 168 Å². The molecule has 0 aromatic carbocycles. The summed E-state index contributed by atoms with van der Waals surface area (Å²) >= 11 is 0. The maximum absolute atomic E-state index is 12.3. The van der Waals surface area contributed by atoms with Crippen LogP contribution in [0.15, 0.2) is 36.5 Å². The van der Waals surface area contributed by atoms with Crippen LogP contribution in [0.2, 0.25) is 0 Å². The van der Waals surface area contributed by atoms with Gasteiger partial charge in [-0.1, -0.05) is 154 Å². The van der Waals surface area contributed by atoms with E-state index >= 15 is 0 Å². The number of carbonyl (C=O) groups is 3. The van der Waals surface area contributed by atoms with Crippen molar-refractivity contribution in [2.45, 2.75) is 181 Å². The quantitative estimate of drug-likeness (QED) is 0.0411. The smallest absolute Gasteiger partial charge is 0.306 e. The predicted molar refractivity (Wildman–Crippen MR) is 200 cm³/mol. The summed E-state index contributed by atoms with van der Waals surface area (Å²) in [5.74, 6) is 0.00160. The fourth-order valence-electron chi connectivity index (χ4n) is 6.20. The summed E-state index contributed by atoms with van der Waals surface area (Å²) in [5, 5.41) is 19.7. The van der Waals surface area contributed by atoms with E-state index in [-0.39, 0.29) is 36.6 Å². The summed E-state index contributed by atoms with van der Waals surface area (Å²) in [6, 6.07) is 0. The average Bonchev–Trinajstić information content (AvgIpc) is 3.43. The van der Waals surface area contributed by atoms with Crippen molar-refractivity contribution in [2.75, 3.05) is 13.2 Å². The molecule has 0 radical (unpaired) electrons. The van der Waals surface area contributed by atoms with Gasteiger partial charge in [0.05, 0.1) is 12.7 Å². The van der Waals surface area contributed by atoms with Gasteiger partial charge in [0.15, 0.2) is 11.9 Å². The first kappa shape index (κ1) is 44.8. The van der Waals surface area contributed by atoms with Gasteiger partial charge in [-0.15, -0.1) is 0 Å². The lowest BCUT2D eigenvalue weighted by Crippen LogP contribution is -2.28. The lowest BCUT2D eigenvalue weighted by atomic mass is 9.90. The van der Waals surface area contributed by atoms with Crippen LogP contribution in [0, 0.1) is 17.8 Å². The Morgan fingerprint density at radius 1 is 0.796 bits per heavy atom. The highest BCUT2D eigenvalue weighted by atomic mass is 16.6. The van der Waals surface area contributed by atoms with Crippen LogP contribution in [-0.2, 0) is 23.9 Å². The van der Waals surface area contributed by atoms with Crippen LogP contribution >= 0.6 is 0 Å². The minimum absolute atomic E-state index is 0.0714. The molecule has 0 heterocycles. The third kappa shape index (κ3) is 25.4. The largest absolute Gasteiger partial charge is 0.462 e. The maximum atomic E-state index is 12.3. The van der Waals surface area contributed by atoms with Crippen molar-refractivity contribution in [2.24, 2.45) is 17.8 Å². The van der Waals surface area contributed by atoms with Crippen LogP contribution < -0.4 is 0 Å². The molecule has 49 heavy (non-hydrogen) atoms. The molecule has 0 fully saturated rings. The Kier molecular flexibility index (Phi) is 27.9. The van der Waals surface area contributed by atoms with Crippen LogP contribution in [0.25, 0.3) is 0 Å². The van der Waals surface area contributed by atoms with Gasteiger partial charge in [-0.05, 0) is 50.0 Å². The fourth-order valence-corrected chi connectivity index (χ4v) is 6.20. The Hall–Kier alpha value is -2.25. The number of aliphatic hydroxyl groups is 2. The van der Waals surface area contributed by atoms with Gasteiger partial charge in [-0.25, -0.2) is 0 Å². The van der Waals surface area contributed by atoms with Crippen molar-refractivity contribution in [3.05, 3.63) is 36.5 Å². The summed E-state index contributed by atoms with van der Waals surface area (Å²) in [6.45, 7) is 6.22. The Morgan fingerprint density at radius 2 is 1.39 bits per heavy atom. The standard InChI is InChI=1S/C42H72O7/c1-4-5-19-26-37(44)30-31-39-36(29-32-40(39)45)25-21-17-18-23-28-42(47)49-38(33-43)34-48-41(46)27-22-16-14-12-10-8-6-7-9-11-13-15-20-24-35(2)3/h17,21,29-32,35-39,43-44H,4-16,18-20,22-28,33-34H2,1-3H3/b21-17-,31-30+/t36-,37-,38-,39+/m0/s1. The lowest BCUT2D eigenvalue weighted by Gasteiger charge is -2.15. The van der Waals surface area contributed by atoms with Gasteiger partial charge in [0.1, 0.15) is 6.61 Å². The molecule has 1 aliphatic rings. The zero-order chi connectivity index (χ0) is 36.0. The zero-order valence-electron chi connectivity index (χ0n) is 31.5. The minimum atomic E-state index is -0.848. The fraction of sp³-hybridized carbons (Fsp3) is 0.786. The van der Waals surface area contributed by atoms with E-state index in [4.69, 9.17) is 9.47 Å². The molecule has 0 amide bonds. The Morgan fingerprint density at radius 3 is 2.00 bits per heavy atom. The van der Waals surface area contributed by atoms with E-state index in [9.17, 15) is 24.6 Å². The number of hydrogen-bond donors (Lipinski definition) is 2. The molecule has 7 nitrogen and oxygen atoms in total. The van der Waals surface area contributed by atoms with Crippen molar-refractivity contribution in [3.8, 4) is 0 Å². The molecule has 0 saturated heterocycles. The Labute approximate surface area is 299 Å². The molecule has 0 unspecified atom stereocenters. The van der Waals surface area contributed by atoms with E-state index in [0.717, 1.165) is 50.9 Å². The van der Waals surface area contributed by atoms with Gasteiger partial charge in [0.2, 0.25) is 0 Å². The van der Waals surface area contributed by atoms with E-state index in [1.807, 2.05) is 24.3 Å². The lowest BCUT2D eigenvalue weighted by molar-refractivity contribution is -0.161. The first-order chi connectivity index (χ1) is 23.8. The second-order valence-electron chi connectivity index (χ2n) is 14.5. The molecule has 282 valence electrons. The first-order valence-corrected chi connectivity index (χ1v) is 20.0. The molecule has 2 N–H and O–H groups in total. The molecule has 0 aromatic heterocycles. The van der Waals surface area contributed by atoms with Gasteiger partial charge < -0.3 is 19.7 Å². The third-order valence-corrected chi connectivity index (χ3v) is 9.36. The molecule has 0 aliphatic heterocycles. The summed E-state index contributed by atoms with van der Waals surface area (Å²) in [7, 11) is 0. The first-order valence-electron chi connectivity index (χ1n) is 20.0. The molecule has 0 saturated carbocycles.